The molecule has 7 nitrogen and oxygen atoms in total. The van der Waals surface area contributed by atoms with Gasteiger partial charge in [0.15, 0.2) is 0 Å². The van der Waals surface area contributed by atoms with E-state index in [-0.39, 0.29) is 42.1 Å². The average molecular weight is 310 g/mol. The van der Waals surface area contributed by atoms with Crippen molar-refractivity contribution in [2.45, 2.75) is 39.5 Å². The van der Waals surface area contributed by atoms with Crippen molar-refractivity contribution in [3.63, 3.8) is 0 Å². The van der Waals surface area contributed by atoms with Crippen LogP contribution < -0.4 is 44.2 Å². The fourth-order valence-corrected chi connectivity index (χ4v) is 2.80. The summed E-state index contributed by atoms with van der Waals surface area (Å²) in [6.07, 6.45) is 3.37. The average Bonchev–Trinajstić information content (AvgIpc) is 2.14. The van der Waals surface area contributed by atoms with E-state index in [0.29, 0.717) is 6.42 Å². The SMILES string of the molecule is CCCCC(CC)COP(=O)([O-])OP(=O)([O-])[O-].[Na+]. The van der Waals surface area contributed by atoms with Gasteiger partial charge in [-0.3, -0.25) is 8.88 Å². The van der Waals surface area contributed by atoms with E-state index in [4.69, 9.17) is 0 Å². The van der Waals surface area contributed by atoms with Crippen LogP contribution in [-0.2, 0) is 18.0 Å². The van der Waals surface area contributed by atoms with Gasteiger partial charge >= 0.3 is 29.6 Å². The van der Waals surface area contributed by atoms with Crippen LogP contribution in [0.5, 0.6) is 0 Å². The minimum absolute atomic E-state index is 0. The second-order valence-electron chi connectivity index (χ2n) is 3.69. The Morgan fingerprint density at radius 1 is 1.17 bits per heavy atom. The minimum Gasteiger partial charge on any atom is -0.790 e. The number of hydrogen-bond donors (Lipinski definition) is 0. The molecule has 18 heavy (non-hydrogen) atoms. The summed E-state index contributed by atoms with van der Waals surface area (Å²) in [6.45, 7) is 3.70. The third-order valence-electron chi connectivity index (χ3n) is 2.21. The zero-order valence-electron chi connectivity index (χ0n) is 10.9. The predicted molar refractivity (Wildman–Crippen MR) is 55.6 cm³/mol. The van der Waals surface area contributed by atoms with E-state index < -0.39 is 15.6 Å². The summed E-state index contributed by atoms with van der Waals surface area (Å²) < 4.78 is 28.8. The third-order valence-corrected chi connectivity index (χ3v) is 4.28. The van der Waals surface area contributed by atoms with E-state index in [2.05, 4.69) is 8.83 Å². The van der Waals surface area contributed by atoms with Crippen molar-refractivity contribution in [1.82, 2.24) is 0 Å². The minimum atomic E-state index is -5.58. The first-order valence-corrected chi connectivity index (χ1v) is 8.31. The topological polar surface area (TPSA) is 122 Å². The monoisotopic (exact) mass is 310 g/mol. The first kappa shape index (κ1) is 21.6. The van der Waals surface area contributed by atoms with Gasteiger partial charge in [-0.15, -0.1) is 0 Å². The van der Waals surface area contributed by atoms with Crippen molar-refractivity contribution in [1.29, 1.82) is 0 Å². The van der Waals surface area contributed by atoms with E-state index in [1.807, 2.05) is 13.8 Å². The summed E-state index contributed by atoms with van der Waals surface area (Å²) in [6, 6.07) is 0. The molecular formula is C8H17NaO7P2-2. The van der Waals surface area contributed by atoms with Gasteiger partial charge in [-0.2, -0.15) is 0 Å². The fourth-order valence-electron chi connectivity index (χ4n) is 1.24. The summed E-state index contributed by atoms with van der Waals surface area (Å²) in [5.41, 5.74) is 0. The maximum Gasteiger partial charge on any atom is 1.00 e. The van der Waals surface area contributed by atoms with E-state index in [9.17, 15) is 23.8 Å². The summed E-state index contributed by atoms with van der Waals surface area (Å²) in [5, 5.41) is 0. The van der Waals surface area contributed by atoms with Gasteiger partial charge in [-0.1, -0.05) is 33.1 Å². The molecule has 0 aliphatic carbocycles. The molecule has 0 N–H and O–H groups in total. The van der Waals surface area contributed by atoms with Gasteiger partial charge in [-0.25, -0.2) is 0 Å². The second kappa shape index (κ2) is 10.1. The van der Waals surface area contributed by atoms with Gasteiger partial charge < -0.3 is 23.8 Å². The van der Waals surface area contributed by atoms with Crippen molar-refractivity contribution < 1.29 is 62.2 Å². The maximum atomic E-state index is 11.0. The standard InChI is InChI=1S/C8H20O7P2.Na/c1-3-5-6-8(4-2)7-14-17(12,13)15-16(9,10)11;/h8H,3-7H2,1-2H3,(H,12,13)(H2,9,10,11);/q;+1/p-3. The van der Waals surface area contributed by atoms with E-state index in [0.717, 1.165) is 19.3 Å². The quantitative estimate of drug-likeness (QED) is 0.342. The Morgan fingerprint density at radius 3 is 2.11 bits per heavy atom. The Hall–Kier alpha value is 1.26. The third kappa shape index (κ3) is 12.3. The van der Waals surface area contributed by atoms with Crippen LogP contribution in [0.15, 0.2) is 0 Å². The molecule has 2 atom stereocenters. The Kier molecular flexibility index (Phi) is 12.0. The van der Waals surface area contributed by atoms with Gasteiger partial charge in [0.05, 0.1) is 14.4 Å². The molecule has 0 fully saturated rings. The fraction of sp³-hybridized carbons (Fsp3) is 1.00. The van der Waals surface area contributed by atoms with Crippen LogP contribution >= 0.6 is 15.6 Å². The van der Waals surface area contributed by atoms with E-state index >= 15 is 0 Å². The number of unbranched alkanes of at least 4 members (excludes halogenated alkanes) is 1. The maximum absolute atomic E-state index is 11.0. The predicted octanol–water partition coefficient (Wildman–Crippen LogP) is -2.46. The largest absolute Gasteiger partial charge is 1.00 e. The Bertz CT molecular complexity index is 306. The number of rotatable bonds is 9. The first-order chi connectivity index (χ1) is 7.70. The molecule has 0 aliphatic heterocycles. The number of hydrogen-bond acceptors (Lipinski definition) is 7. The molecule has 0 spiro atoms. The van der Waals surface area contributed by atoms with Gasteiger partial charge in [0, 0.05) is 0 Å². The molecule has 0 aromatic carbocycles. The van der Waals surface area contributed by atoms with Crippen LogP contribution in [-0.4, -0.2) is 6.61 Å². The van der Waals surface area contributed by atoms with Gasteiger partial charge in [0.2, 0.25) is 0 Å². The molecule has 10 heteroatoms. The van der Waals surface area contributed by atoms with Gasteiger partial charge in [0.25, 0.3) is 7.82 Å². The van der Waals surface area contributed by atoms with Gasteiger partial charge in [0.1, 0.15) is 0 Å². The summed E-state index contributed by atoms with van der Waals surface area (Å²) in [4.78, 5) is 31.2. The molecule has 0 amide bonds. The van der Waals surface area contributed by atoms with E-state index in [1.54, 1.807) is 0 Å². The van der Waals surface area contributed by atoms with Crippen LogP contribution in [0.3, 0.4) is 0 Å². The van der Waals surface area contributed by atoms with Crippen molar-refractivity contribution in [3.8, 4) is 0 Å². The zero-order chi connectivity index (χ0) is 13.5. The molecule has 0 rings (SSSR count). The molecule has 0 aromatic heterocycles. The second-order valence-corrected chi connectivity index (χ2v) is 6.39. The van der Waals surface area contributed by atoms with Crippen LogP contribution in [0.1, 0.15) is 39.5 Å². The first-order valence-electron chi connectivity index (χ1n) is 5.39. The number of phosphoric ester groups is 1. The number of phosphoric acid groups is 2. The molecule has 0 heterocycles. The molecule has 104 valence electrons. The van der Waals surface area contributed by atoms with Crippen LogP contribution in [0.2, 0.25) is 0 Å². The van der Waals surface area contributed by atoms with Crippen LogP contribution in [0.4, 0.5) is 0 Å². The molecule has 0 saturated carbocycles. The van der Waals surface area contributed by atoms with Crippen molar-refractivity contribution in [2.75, 3.05) is 6.61 Å². The van der Waals surface area contributed by atoms with Gasteiger partial charge in [-0.05, 0) is 12.3 Å². The molecule has 0 radical (unpaired) electrons. The molecule has 0 aliphatic rings. The smallest absolute Gasteiger partial charge is 0.790 e. The van der Waals surface area contributed by atoms with Crippen molar-refractivity contribution >= 4 is 15.6 Å². The molecule has 0 aromatic rings. The van der Waals surface area contributed by atoms with E-state index in [1.165, 1.54) is 0 Å². The van der Waals surface area contributed by atoms with Crippen molar-refractivity contribution in [2.24, 2.45) is 5.92 Å². The molecule has 0 saturated heterocycles. The summed E-state index contributed by atoms with van der Waals surface area (Å²) in [7, 11) is -10.6. The molecular weight excluding hydrogens is 293 g/mol. The Balaban J connectivity index is 0. The molecule has 0 bridgehead atoms. The zero-order valence-corrected chi connectivity index (χ0v) is 14.7. The Morgan fingerprint density at radius 2 is 1.72 bits per heavy atom. The normalized spacial score (nSPS) is 16.7. The summed E-state index contributed by atoms with van der Waals surface area (Å²) >= 11 is 0. The Labute approximate surface area is 129 Å². The van der Waals surface area contributed by atoms with Crippen LogP contribution in [0, 0.1) is 5.92 Å². The summed E-state index contributed by atoms with van der Waals surface area (Å²) in [5.74, 6) is -0.00138. The van der Waals surface area contributed by atoms with Crippen LogP contribution in [0.25, 0.3) is 0 Å². The molecule has 2 unspecified atom stereocenters. The van der Waals surface area contributed by atoms with Crippen molar-refractivity contribution in [3.05, 3.63) is 0 Å².